The average Bonchev–Trinajstić information content (AvgIpc) is 2.83. The lowest BCUT2D eigenvalue weighted by molar-refractivity contribution is -0.143. The molecule has 1 aromatic carbocycles. The number of benzene rings is 1. The van der Waals surface area contributed by atoms with Crippen molar-refractivity contribution in [2.45, 2.75) is 26.1 Å². The summed E-state index contributed by atoms with van der Waals surface area (Å²) in [5.74, 6) is -1.45. The van der Waals surface area contributed by atoms with Crippen molar-refractivity contribution in [1.29, 1.82) is 0 Å². The van der Waals surface area contributed by atoms with Gasteiger partial charge in [-0.2, -0.15) is 18.3 Å². The van der Waals surface area contributed by atoms with Gasteiger partial charge in [0.1, 0.15) is 5.82 Å². The summed E-state index contributed by atoms with van der Waals surface area (Å²) in [7, 11) is 0. The maximum atomic E-state index is 13.3. The van der Waals surface area contributed by atoms with Gasteiger partial charge >= 0.3 is 6.18 Å². The second-order valence-electron chi connectivity index (χ2n) is 4.92. The highest BCUT2D eigenvalue weighted by Gasteiger charge is 2.40. The second kappa shape index (κ2) is 5.78. The summed E-state index contributed by atoms with van der Waals surface area (Å²) in [4.78, 5) is 11.9. The van der Waals surface area contributed by atoms with Crippen molar-refractivity contribution in [2.75, 3.05) is 0 Å². The first kappa shape index (κ1) is 16.0. The Morgan fingerprint density at radius 3 is 2.32 bits per heavy atom. The van der Waals surface area contributed by atoms with Crippen molar-refractivity contribution in [1.82, 2.24) is 15.1 Å². The number of aromatic nitrogens is 2. The Labute approximate surface area is 123 Å². The molecule has 1 aromatic heterocycles. The van der Waals surface area contributed by atoms with Gasteiger partial charge in [0.05, 0.1) is 17.4 Å². The molecule has 118 valence electrons. The highest BCUT2D eigenvalue weighted by Crippen LogP contribution is 2.33. The Morgan fingerprint density at radius 1 is 1.23 bits per heavy atom. The highest BCUT2D eigenvalue weighted by molar-refractivity contribution is 5.95. The monoisotopic (exact) mass is 315 g/mol. The molecular formula is C14H13F4N3O. The fraction of sp³-hybridized carbons (Fsp3) is 0.286. The third-order valence-electron chi connectivity index (χ3n) is 2.77. The van der Waals surface area contributed by atoms with Crippen molar-refractivity contribution < 1.29 is 22.4 Å². The Bertz CT molecular complexity index is 674. The van der Waals surface area contributed by atoms with Crippen LogP contribution in [-0.4, -0.2) is 21.7 Å². The maximum Gasteiger partial charge on any atom is 0.434 e. The lowest BCUT2D eigenvalue weighted by Crippen LogP contribution is -2.31. The first-order valence-corrected chi connectivity index (χ1v) is 6.42. The van der Waals surface area contributed by atoms with Crippen LogP contribution in [0.3, 0.4) is 0 Å². The zero-order valence-corrected chi connectivity index (χ0v) is 11.8. The molecule has 0 aliphatic carbocycles. The molecule has 0 spiro atoms. The van der Waals surface area contributed by atoms with E-state index in [-0.39, 0.29) is 11.7 Å². The number of amides is 1. The summed E-state index contributed by atoms with van der Waals surface area (Å²) in [6, 6.07) is 4.03. The topological polar surface area (TPSA) is 46.9 Å². The number of rotatable bonds is 3. The summed E-state index contributed by atoms with van der Waals surface area (Å²) >= 11 is 0. The first-order valence-electron chi connectivity index (χ1n) is 6.42. The number of hydrogen-bond acceptors (Lipinski definition) is 2. The van der Waals surface area contributed by atoms with E-state index in [0.29, 0.717) is 4.68 Å². The summed E-state index contributed by atoms with van der Waals surface area (Å²) < 4.78 is 53.3. The number of hydrogen-bond donors (Lipinski definition) is 1. The number of halogens is 4. The molecule has 2 rings (SSSR count). The van der Waals surface area contributed by atoms with E-state index < -0.39 is 29.2 Å². The Balaban J connectivity index is 2.54. The van der Waals surface area contributed by atoms with Crippen molar-refractivity contribution in [2.24, 2.45) is 0 Å². The zero-order valence-electron chi connectivity index (χ0n) is 11.8. The van der Waals surface area contributed by atoms with Gasteiger partial charge < -0.3 is 5.32 Å². The van der Waals surface area contributed by atoms with Gasteiger partial charge in [-0.05, 0) is 38.1 Å². The number of nitrogens with one attached hydrogen (secondary N) is 1. The van der Waals surface area contributed by atoms with Crippen LogP contribution in [0.5, 0.6) is 0 Å². The van der Waals surface area contributed by atoms with Crippen LogP contribution < -0.4 is 5.32 Å². The third-order valence-corrected chi connectivity index (χ3v) is 2.77. The number of nitrogens with zero attached hydrogens (tertiary/aromatic N) is 2. The highest BCUT2D eigenvalue weighted by atomic mass is 19.4. The molecule has 1 amide bonds. The van der Waals surface area contributed by atoms with Crippen molar-refractivity contribution >= 4 is 5.91 Å². The van der Waals surface area contributed by atoms with Gasteiger partial charge in [0, 0.05) is 6.04 Å². The molecule has 0 saturated heterocycles. The van der Waals surface area contributed by atoms with Crippen molar-refractivity contribution in [3.63, 3.8) is 0 Å². The molecule has 0 saturated carbocycles. The van der Waals surface area contributed by atoms with Crippen LogP contribution in [0.2, 0.25) is 0 Å². The minimum absolute atomic E-state index is 0.0114. The van der Waals surface area contributed by atoms with E-state index in [1.807, 2.05) is 0 Å². The normalized spacial score (nSPS) is 11.8. The second-order valence-corrected chi connectivity index (χ2v) is 4.92. The van der Waals surface area contributed by atoms with Gasteiger partial charge in [-0.1, -0.05) is 0 Å². The molecule has 1 N–H and O–H groups in total. The summed E-state index contributed by atoms with van der Waals surface area (Å²) in [6.45, 7) is 3.27. The Hall–Kier alpha value is -2.38. The first-order chi connectivity index (χ1) is 10.2. The van der Waals surface area contributed by atoms with Crippen LogP contribution >= 0.6 is 0 Å². The molecule has 8 heteroatoms. The van der Waals surface area contributed by atoms with Crippen molar-refractivity contribution in [3.8, 4) is 5.69 Å². The van der Waals surface area contributed by atoms with Crippen LogP contribution in [0.25, 0.3) is 5.69 Å². The third kappa shape index (κ3) is 3.26. The van der Waals surface area contributed by atoms with E-state index in [4.69, 9.17) is 0 Å². The predicted molar refractivity (Wildman–Crippen MR) is 71.1 cm³/mol. The molecule has 2 aromatic rings. The van der Waals surface area contributed by atoms with Crippen molar-refractivity contribution in [3.05, 3.63) is 47.5 Å². The van der Waals surface area contributed by atoms with E-state index >= 15 is 0 Å². The Kier molecular flexibility index (Phi) is 4.20. The Morgan fingerprint density at radius 2 is 1.82 bits per heavy atom. The van der Waals surface area contributed by atoms with E-state index in [1.165, 1.54) is 0 Å². The van der Waals surface area contributed by atoms with Gasteiger partial charge in [0.15, 0.2) is 5.69 Å². The molecular weight excluding hydrogens is 302 g/mol. The number of carbonyl (C=O) groups is 1. The maximum absolute atomic E-state index is 13.3. The minimum Gasteiger partial charge on any atom is -0.350 e. The fourth-order valence-corrected chi connectivity index (χ4v) is 1.91. The average molecular weight is 315 g/mol. The number of carbonyl (C=O) groups excluding carboxylic acids is 1. The van der Waals surface area contributed by atoms with Crippen LogP contribution in [-0.2, 0) is 6.18 Å². The molecule has 0 bridgehead atoms. The lowest BCUT2D eigenvalue weighted by atomic mass is 10.2. The van der Waals surface area contributed by atoms with Crippen LogP contribution in [0.15, 0.2) is 30.5 Å². The molecule has 1 heterocycles. The predicted octanol–water partition coefficient (Wildman–Crippen LogP) is 3.17. The molecule has 0 fully saturated rings. The van der Waals surface area contributed by atoms with E-state index in [0.717, 1.165) is 30.5 Å². The molecule has 4 nitrogen and oxygen atoms in total. The summed E-state index contributed by atoms with van der Waals surface area (Å²) in [5, 5.41) is 6.02. The van der Waals surface area contributed by atoms with Gasteiger partial charge in [-0.25, -0.2) is 9.07 Å². The van der Waals surface area contributed by atoms with Gasteiger partial charge in [0.25, 0.3) is 5.91 Å². The SMILES string of the molecule is CC(C)NC(=O)c1cnn(-c2ccc(F)cc2)c1C(F)(F)F. The van der Waals surface area contributed by atoms with E-state index in [2.05, 4.69) is 10.4 Å². The fourth-order valence-electron chi connectivity index (χ4n) is 1.91. The lowest BCUT2D eigenvalue weighted by Gasteiger charge is -2.13. The smallest absolute Gasteiger partial charge is 0.350 e. The quantitative estimate of drug-likeness (QED) is 0.884. The van der Waals surface area contributed by atoms with Crippen LogP contribution in [0, 0.1) is 5.82 Å². The largest absolute Gasteiger partial charge is 0.434 e. The molecule has 0 aliphatic rings. The molecule has 0 aliphatic heterocycles. The molecule has 0 radical (unpaired) electrons. The zero-order chi connectivity index (χ0) is 16.5. The molecule has 0 unspecified atom stereocenters. The van der Waals surface area contributed by atoms with E-state index in [1.54, 1.807) is 13.8 Å². The van der Waals surface area contributed by atoms with Crippen LogP contribution in [0.1, 0.15) is 29.9 Å². The summed E-state index contributed by atoms with van der Waals surface area (Å²) in [6.07, 6.45) is -3.93. The van der Waals surface area contributed by atoms with Gasteiger partial charge in [0.2, 0.25) is 0 Å². The molecule has 22 heavy (non-hydrogen) atoms. The van der Waals surface area contributed by atoms with Gasteiger partial charge in [-0.3, -0.25) is 4.79 Å². The number of alkyl halides is 3. The van der Waals surface area contributed by atoms with E-state index in [9.17, 15) is 22.4 Å². The van der Waals surface area contributed by atoms with Crippen LogP contribution in [0.4, 0.5) is 17.6 Å². The summed E-state index contributed by atoms with van der Waals surface area (Å²) in [5.41, 5.74) is -1.76. The molecule has 0 atom stereocenters. The van der Waals surface area contributed by atoms with Gasteiger partial charge in [-0.15, -0.1) is 0 Å². The minimum atomic E-state index is -4.78. The standard InChI is InChI=1S/C14H13F4N3O/c1-8(2)20-13(22)11-7-19-21(12(11)14(16,17)18)10-5-3-9(15)4-6-10/h3-8H,1-2H3,(H,20,22).